The molecule has 0 radical (unpaired) electrons. The van der Waals surface area contributed by atoms with Crippen molar-refractivity contribution in [1.29, 1.82) is 0 Å². The predicted molar refractivity (Wildman–Crippen MR) is 81.4 cm³/mol. The van der Waals surface area contributed by atoms with Gasteiger partial charge in [-0.15, -0.1) is 0 Å². The summed E-state index contributed by atoms with van der Waals surface area (Å²) in [5.41, 5.74) is 9.62. The van der Waals surface area contributed by atoms with Gasteiger partial charge in [-0.25, -0.2) is 0 Å². The van der Waals surface area contributed by atoms with Gasteiger partial charge in [-0.2, -0.15) is 0 Å². The van der Waals surface area contributed by atoms with E-state index in [9.17, 15) is 4.79 Å². The highest BCUT2D eigenvalue weighted by molar-refractivity contribution is 7.80. The molecule has 0 spiro atoms. The van der Waals surface area contributed by atoms with Crippen LogP contribution in [0.25, 0.3) is 0 Å². The summed E-state index contributed by atoms with van der Waals surface area (Å²) in [6, 6.07) is 3.88. The van der Waals surface area contributed by atoms with Crippen LogP contribution >= 0.6 is 12.2 Å². The number of thiocarbonyl (C=S) groups is 1. The number of hydrogen-bond acceptors (Lipinski definition) is 2. The van der Waals surface area contributed by atoms with E-state index in [1.54, 1.807) is 0 Å². The summed E-state index contributed by atoms with van der Waals surface area (Å²) in [6.45, 7) is 5.95. The highest BCUT2D eigenvalue weighted by Gasteiger charge is 2.34. The number of nitrogens with one attached hydrogen (secondary N) is 1. The van der Waals surface area contributed by atoms with Gasteiger partial charge in [-0.3, -0.25) is 4.79 Å². The number of hydrogen-bond donors (Lipinski definition) is 2. The predicted octanol–water partition coefficient (Wildman–Crippen LogP) is 2.41. The molecular weight excluding hydrogens is 256 g/mol. The van der Waals surface area contributed by atoms with E-state index < -0.39 is 0 Å². The molecule has 1 aromatic rings. The summed E-state index contributed by atoms with van der Waals surface area (Å²) in [7, 11) is 0. The van der Waals surface area contributed by atoms with E-state index >= 15 is 0 Å². The van der Waals surface area contributed by atoms with Crippen molar-refractivity contribution in [3.8, 4) is 0 Å². The van der Waals surface area contributed by atoms with E-state index in [1.165, 1.54) is 5.56 Å². The standard InChI is InChI=1S/C15H20N2OS/c1-8-6-9(2)12(10(3)7-8)15(18)17-13(14(16)19)11-4-5-11/h6-7,11,13H,4-5H2,1-3H3,(H2,16,19)(H,17,18). The van der Waals surface area contributed by atoms with Crippen molar-refractivity contribution in [2.45, 2.75) is 39.7 Å². The first-order valence-electron chi connectivity index (χ1n) is 6.58. The molecule has 1 saturated carbocycles. The third-order valence-electron chi connectivity index (χ3n) is 3.59. The van der Waals surface area contributed by atoms with E-state index in [0.717, 1.165) is 29.5 Å². The van der Waals surface area contributed by atoms with Gasteiger partial charge in [0.25, 0.3) is 5.91 Å². The smallest absolute Gasteiger partial charge is 0.252 e. The summed E-state index contributed by atoms with van der Waals surface area (Å²) < 4.78 is 0. The Balaban J connectivity index is 2.22. The minimum absolute atomic E-state index is 0.0697. The second kappa shape index (κ2) is 5.29. The highest BCUT2D eigenvalue weighted by Crippen LogP contribution is 2.33. The monoisotopic (exact) mass is 276 g/mol. The van der Waals surface area contributed by atoms with Gasteiger partial charge in [0.2, 0.25) is 0 Å². The SMILES string of the molecule is Cc1cc(C)c(C(=O)NC(C(N)=S)C2CC2)c(C)c1. The molecule has 19 heavy (non-hydrogen) atoms. The Kier molecular flexibility index (Phi) is 3.90. The second-order valence-corrected chi connectivity index (χ2v) is 5.94. The fourth-order valence-electron chi connectivity index (χ4n) is 2.60. The second-order valence-electron chi connectivity index (χ2n) is 5.46. The molecule has 2 rings (SSSR count). The number of benzene rings is 1. The molecule has 1 aliphatic carbocycles. The first-order valence-corrected chi connectivity index (χ1v) is 6.99. The topological polar surface area (TPSA) is 55.1 Å². The van der Waals surface area contributed by atoms with Crippen LogP contribution in [0.4, 0.5) is 0 Å². The first-order chi connectivity index (χ1) is 8.90. The molecule has 102 valence electrons. The minimum Gasteiger partial charge on any atom is -0.392 e. The van der Waals surface area contributed by atoms with E-state index in [1.807, 2.05) is 32.9 Å². The Morgan fingerprint density at radius 3 is 2.26 bits per heavy atom. The zero-order valence-corrected chi connectivity index (χ0v) is 12.4. The molecule has 1 fully saturated rings. The maximum atomic E-state index is 12.4. The quantitative estimate of drug-likeness (QED) is 0.830. The van der Waals surface area contributed by atoms with E-state index in [2.05, 4.69) is 5.32 Å². The van der Waals surface area contributed by atoms with Crippen molar-refractivity contribution in [3.05, 3.63) is 34.4 Å². The molecule has 4 heteroatoms. The summed E-state index contributed by atoms with van der Waals surface area (Å²) in [5, 5.41) is 2.99. The number of nitrogens with two attached hydrogens (primary N) is 1. The van der Waals surface area contributed by atoms with E-state index in [4.69, 9.17) is 18.0 Å². The van der Waals surface area contributed by atoms with Crippen LogP contribution in [0.3, 0.4) is 0 Å². The van der Waals surface area contributed by atoms with Crippen LogP contribution in [0.1, 0.15) is 39.9 Å². The Morgan fingerprint density at radius 2 is 1.84 bits per heavy atom. The third-order valence-corrected chi connectivity index (χ3v) is 3.84. The average molecular weight is 276 g/mol. The lowest BCUT2D eigenvalue weighted by Gasteiger charge is -2.19. The molecule has 1 unspecified atom stereocenters. The molecule has 3 N–H and O–H groups in total. The van der Waals surface area contributed by atoms with Crippen LogP contribution in [0, 0.1) is 26.7 Å². The lowest BCUT2D eigenvalue weighted by molar-refractivity contribution is 0.0942. The largest absolute Gasteiger partial charge is 0.392 e. The third kappa shape index (κ3) is 3.13. The number of carbonyl (C=O) groups excluding carboxylic acids is 1. The molecular formula is C15H20N2OS. The van der Waals surface area contributed by atoms with Crippen LogP contribution in [0.2, 0.25) is 0 Å². The van der Waals surface area contributed by atoms with Crippen LogP contribution in [0.5, 0.6) is 0 Å². The first kappa shape index (κ1) is 14.0. The van der Waals surface area contributed by atoms with Gasteiger partial charge in [-0.05, 0) is 50.7 Å². The molecule has 0 aromatic heterocycles. The van der Waals surface area contributed by atoms with Gasteiger partial charge in [0, 0.05) is 5.56 Å². The van der Waals surface area contributed by atoms with Crippen LogP contribution in [-0.2, 0) is 0 Å². The zero-order chi connectivity index (χ0) is 14.2. The summed E-state index contributed by atoms with van der Waals surface area (Å²) in [5.74, 6) is 0.354. The van der Waals surface area contributed by atoms with Crippen molar-refractivity contribution < 1.29 is 4.79 Å². The van der Waals surface area contributed by atoms with Gasteiger partial charge in [0.15, 0.2) is 0 Å². The van der Waals surface area contributed by atoms with Crippen LogP contribution < -0.4 is 11.1 Å². The molecule has 3 nitrogen and oxygen atoms in total. The molecule has 1 aromatic carbocycles. The van der Waals surface area contributed by atoms with Crippen molar-refractivity contribution in [1.82, 2.24) is 5.32 Å². The summed E-state index contributed by atoms with van der Waals surface area (Å²) in [6.07, 6.45) is 2.18. The highest BCUT2D eigenvalue weighted by atomic mass is 32.1. The number of amides is 1. The minimum atomic E-state index is -0.164. The van der Waals surface area contributed by atoms with E-state index in [0.29, 0.717) is 10.9 Å². The molecule has 0 aliphatic heterocycles. The number of aryl methyl sites for hydroxylation is 3. The molecule has 1 aliphatic rings. The van der Waals surface area contributed by atoms with Gasteiger partial charge in [0.1, 0.15) is 0 Å². The Hall–Kier alpha value is -1.42. The van der Waals surface area contributed by atoms with Crippen LogP contribution in [0.15, 0.2) is 12.1 Å². The molecule has 0 heterocycles. The number of rotatable bonds is 4. The Bertz CT molecular complexity index is 512. The fraction of sp³-hybridized carbons (Fsp3) is 0.467. The van der Waals surface area contributed by atoms with Gasteiger partial charge in [-0.1, -0.05) is 29.9 Å². The average Bonchev–Trinajstić information content (AvgIpc) is 3.07. The van der Waals surface area contributed by atoms with Crippen LogP contribution in [-0.4, -0.2) is 16.9 Å². The summed E-state index contributed by atoms with van der Waals surface area (Å²) in [4.78, 5) is 12.8. The van der Waals surface area contributed by atoms with Gasteiger partial charge < -0.3 is 11.1 Å². The van der Waals surface area contributed by atoms with Gasteiger partial charge >= 0.3 is 0 Å². The van der Waals surface area contributed by atoms with Crippen molar-refractivity contribution in [2.24, 2.45) is 11.7 Å². The van der Waals surface area contributed by atoms with Crippen molar-refractivity contribution >= 4 is 23.1 Å². The summed E-state index contributed by atoms with van der Waals surface area (Å²) >= 11 is 5.05. The lowest BCUT2D eigenvalue weighted by Crippen LogP contribution is -2.45. The van der Waals surface area contributed by atoms with Gasteiger partial charge in [0.05, 0.1) is 11.0 Å². The fourth-order valence-corrected chi connectivity index (χ4v) is 2.85. The molecule has 1 amide bonds. The lowest BCUT2D eigenvalue weighted by atomic mass is 9.98. The molecule has 0 bridgehead atoms. The van der Waals surface area contributed by atoms with Crippen molar-refractivity contribution in [2.75, 3.05) is 0 Å². The molecule has 0 saturated heterocycles. The normalized spacial score (nSPS) is 15.9. The Labute approximate surface area is 119 Å². The van der Waals surface area contributed by atoms with E-state index in [-0.39, 0.29) is 11.9 Å². The zero-order valence-electron chi connectivity index (χ0n) is 11.6. The molecule has 1 atom stereocenters. The Morgan fingerprint density at radius 1 is 1.32 bits per heavy atom. The maximum absolute atomic E-state index is 12.4. The van der Waals surface area contributed by atoms with Crippen molar-refractivity contribution in [3.63, 3.8) is 0 Å². The maximum Gasteiger partial charge on any atom is 0.252 e. The number of carbonyl (C=O) groups is 1.